The third-order valence-electron chi connectivity index (χ3n) is 6.15. The van der Waals surface area contributed by atoms with Gasteiger partial charge in [0.1, 0.15) is 12.1 Å². The minimum absolute atomic E-state index is 0.000852. The number of hydrogen-bond acceptors (Lipinski definition) is 6. The van der Waals surface area contributed by atoms with E-state index >= 15 is 0 Å². The highest BCUT2D eigenvalue weighted by Gasteiger charge is 2.42. The van der Waals surface area contributed by atoms with Gasteiger partial charge in [0.05, 0.1) is 13.4 Å². The summed E-state index contributed by atoms with van der Waals surface area (Å²) in [6.07, 6.45) is 3.38. The van der Waals surface area contributed by atoms with Crippen LogP contribution in [-0.2, 0) is 13.6 Å². The third kappa shape index (κ3) is 3.30. The van der Waals surface area contributed by atoms with E-state index in [0.29, 0.717) is 18.4 Å². The van der Waals surface area contributed by atoms with E-state index in [0.717, 1.165) is 54.5 Å². The van der Waals surface area contributed by atoms with Crippen molar-refractivity contribution in [2.75, 3.05) is 38.2 Å². The Balaban J connectivity index is 1.19. The predicted molar refractivity (Wildman–Crippen MR) is 112 cm³/mol. The van der Waals surface area contributed by atoms with Crippen LogP contribution in [-0.4, -0.2) is 63.7 Å². The molecule has 156 valence electrons. The molecule has 3 aromatic rings. The van der Waals surface area contributed by atoms with Crippen LogP contribution in [0.15, 0.2) is 36.9 Å². The largest absolute Gasteiger partial charge is 0.497 e. The van der Waals surface area contributed by atoms with Crippen molar-refractivity contribution in [1.82, 2.24) is 29.7 Å². The molecular formula is C21H25N7O2. The molecule has 2 aliphatic heterocycles. The number of hydrogen-bond donors (Lipinski definition) is 1. The molecular weight excluding hydrogens is 382 g/mol. The number of rotatable bonds is 4. The molecule has 2 atom stereocenters. The summed E-state index contributed by atoms with van der Waals surface area (Å²) in [5.41, 5.74) is 2.74. The van der Waals surface area contributed by atoms with Gasteiger partial charge < -0.3 is 24.4 Å². The Morgan fingerprint density at radius 3 is 2.53 bits per heavy atom. The summed E-state index contributed by atoms with van der Waals surface area (Å²) in [5, 5.41) is 3.04. The van der Waals surface area contributed by atoms with Gasteiger partial charge in [0.2, 0.25) is 0 Å². The lowest BCUT2D eigenvalue weighted by molar-refractivity contribution is 0.205. The Morgan fingerprint density at radius 2 is 1.83 bits per heavy atom. The second-order valence-corrected chi connectivity index (χ2v) is 8.06. The van der Waals surface area contributed by atoms with Gasteiger partial charge in [-0.2, -0.15) is 0 Å². The number of aryl methyl sites for hydroxylation is 1. The summed E-state index contributed by atoms with van der Waals surface area (Å²) in [4.78, 5) is 30.2. The molecule has 1 aromatic carbocycles. The summed E-state index contributed by atoms with van der Waals surface area (Å²) >= 11 is 0. The minimum atomic E-state index is 0.000852. The van der Waals surface area contributed by atoms with E-state index in [-0.39, 0.29) is 6.03 Å². The monoisotopic (exact) mass is 407 g/mol. The Bertz CT molecular complexity index is 1050. The molecule has 30 heavy (non-hydrogen) atoms. The summed E-state index contributed by atoms with van der Waals surface area (Å²) < 4.78 is 7.08. The van der Waals surface area contributed by atoms with Crippen LogP contribution in [0.1, 0.15) is 5.56 Å². The van der Waals surface area contributed by atoms with E-state index in [1.807, 2.05) is 40.8 Å². The van der Waals surface area contributed by atoms with Gasteiger partial charge in [0.15, 0.2) is 17.0 Å². The first-order chi connectivity index (χ1) is 14.6. The minimum Gasteiger partial charge on any atom is -0.497 e. The number of carbonyl (C=O) groups excluding carboxylic acids is 1. The number of fused-ring (bicyclic) bond motifs is 2. The molecule has 2 aliphatic rings. The van der Waals surface area contributed by atoms with E-state index in [9.17, 15) is 4.79 Å². The molecule has 5 rings (SSSR count). The van der Waals surface area contributed by atoms with Crippen LogP contribution in [0.3, 0.4) is 0 Å². The van der Waals surface area contributed by atoms with Crippen molar-refractivity contribution in [3.8, 4) is 5.75 Å². The van der Waals surface area contributed by atoms with Crippen LogP contribution in [0.2, 0.25) is 0 Å². The van der Waals surface area contributed by atoms with Crippen LogP contribution in [0.25, 0.3) is 11.2 Å². The Hall–Kier alpha value is -3.36. The topological polar surface area (TPSA) is 88.4 Å². The van der Waals surface area contributed by atoms with E-state index in [4.69, 9.17) is 4.74 Å². The zero-order chi connectivity index (χ0) is 20.7. The Morgan fingerprint density at radius 1 is 1.10 bits per heavy atom. The van der Waals surface area contributed by atoms with E-state index < -0.39 is 0 Å². The van der Waals surface area contributed by atoms with Gasteiger partial charge in [-0.05, 0) is 17.7 Å². The number of methoxy groups -OCH3 is 1. The summed E-state index contributed by atoms with van der Waals surface area (Å²) in [5.74, 6) is 2.61. The lowest BCUT2D eigenvalue weighted by Gasteiger charge is -2.22. The van der Waals surface area contributed by atoms with Crippen molar-refractivity contribution >= 4 is 23.0 Å². The second-order valence-electron chi connectivity index (χ2n) is 8.06. The number of imidazole rings is 1. The lowest BCUT2D eigenvalue weighted by Crippen LogP contribution is -2.40. The third-order valence-corrected chi connectivity index (χ3v) is 6.15. The van der Waals surface area contributed by atoms with Crippen molar-refractivity contribution in [3.63, 3.8) is 0 Å². The molecule has 0 aliphatic carbocycles. The molecule has 0 saturated carbocycles. The summed E-state index contributed by atoms with van der Waals surface area (Å²) in [6, 6.07) is 7.75. The average Bonchev–Trinajstić information content (AvgIpc) is 3.46. The predicted octanol–water partition coefficient (Wildman–Crippen LogP) is 1.65. The van der Waals surface area contributed by atoms with Crippen LogP contribution in [0.4, 0.5) is 10.6 Å². The van der Waals surface area contributed by atoms with Gasteiger partial charge >= 0.3 is 6.03 Å². The maximum atomic E-state index is 12.6. The zero-order valence-electron chi connectivity index (χ0n) is 17.2. The first-order valence-corrected chi connectivity index (χ1v) is 10.1. The average molecular weight is 407 g/mol. The summed E-state index contributed by atoms with van der Waals surface area (Å²) in [6.45, 7) is 3.82. The van der Waals surface area contributed by atoms with E-state index in [1.165, 1.54) is 0 Å². The second kappa shape index (κ2) is 7.47. The number of nitrogens with zero attached hydrogens (tertiary/aromatic N) is 6. The maximum Gasteiger partial charge on any atom is 0.317 e. The fourth-order valence-corrected chi connectivity index (χ4v) is 4.53. The molecule has 4 heterocycles. The van der Waals surface area contributed by atoms with Crippen LogP contribution in [0.5, 0.6) is 5.75 Å². The highest BCUT2D eigenvalue weighted by Crippen LogP contribution is 2.35. The van der Waals surface area contributed by atoms with Crippen LogP contribution < -0.4 is 15.0 Å². The SMILES string of the molecule is COc1ccc(CNC(=O)N2CC3CN(c4ncnc5c4ncn5C)CC3C2)cc1. The van der Waals surface area contributed by atoms with E-state index in [2.05, 4.69) is 25.2 Å². The van der Waals surface area contributed by atoms with Crippen LogP contribution in [0, 0.1) is 11.8 Å². The molecule has 1 N–H and O–H groups in total. The molecule has 2 aromatic heterocycles. The number of aromatic nitrogens is 4. The van der Waals surface area contributed by atoms with Gasteiger partial charge in [0.25, 0.3) is 0 Å². The van der Waals surface area contributed by atoms with Gasteiger partial charge in [-0.25, -0.2) is 19.7 Å². The first-order valence-electron chi connectivity index (χ1n) is 10.1. The number of nitrogens with one attached hydrogen (secondary N) is 1. The molecule has 0 bridgehead atoms. The quantitative estimate of drug-likeness (QED) is 0.708. The number of benzene rings is 1. The number of carbonyl (C=O) groups is 1. The zero-order valence-corrected chi connectivity index (χ0v) is 17.2. The van der Waals surface area contributed by atoms with Crippen molar-refractivity contribution < 1.29 is 9.53 Å². The number of urea groups is 1. The highest BCUT2D eigenvalue weighted by molar-refractivity contribution is 5.83. The lowest BCUT2D eigenvalue weighted by atomic mass is 10.0. The van der Waals surface area contributed by atoms with Crippen LogP contribution >= 0.6 is 0 Å². The smallest absolute Gasteiger partial charge is 0.317 e. The Labute approximate surface area is 174 Å². The fourth-order valence-electron chi connectivity index (χ4n) is 4.53. The molecule has 0 radical (unpaired) electrons. The van der Waals surface area contributed by atoms with Gasteiger partial charge in [-0.1, -0.05) is 12.1 Å². The Kier molecular flexibility index (Phi) is 4.65. The van der Waals surface area contributed by atoms with E-state index in [1.54, 1.807) is 19.8 Å². The number of anilines is 1. The molecule has 0 spiro atoms. The highest BCUT2D eigenvalue weighted by atomic mass is 16.5. The van der Waals surface area contributed by atoms with Gasteiger partial charge in [-0.3, -0.25) is 0 Å². The normalized spacial score (nSPS) is 20.6. The standard InChI is InChI=1S/C21H25N7O2/c1-26-13-25-18-19(26)23-12-24-20(18)27-8-15-10-28(11-16(15)9-27)21(29)22-7-14-3-5-17(30-2)6-4-14/h3-6,12-13,15-16H,7-11H2,1-2H3,(H,22,29). The molecule has 9 heteroatoms. The van der Waals surface area contributed by atoms with Crippen molar-refractivity contribution in [2.45, 2.75) is 6.54 Å². The molecule has 2 amide bonds. The first kappa shape index (κ1) is 18.7. The number of amides is 2. The van der Waals surface area contributed by atoms with Crippen molar-refractivity contribution in [1.29, 1.82) is 0 Å². The fraction of sp³-hybridized carbons (Fsp3) is 0.429. The molecule has 2 unspecified atom stereocenters. The van der Waals surface area contributed by atoms with Gasteiger partial charge in [0, 0.05) is 51.6 Å². The van der Waals surface area contributed by atoms with Crippen molar-refractivity contribution in [3.05, 3.63) is 42.5 Å². The number of likely N-dealkylation sites (tertiary alicyclic amines) is 1. The number of ether oxygens (including phenoxy) is 1. The van der Waals surface area contributed by atoms with Gasteiger partial charge in [-0.15, -0.1) is 0 Å². The molecule has 2 saturated heterocycles. The molecule has 2 fully saturated rings. The maximum absolute atomic E-state index is 12.6. The summed E-state index contributed by atoms with van der Waals surface area (Å²) in [7, 11) is 3.58. The van der Waals surface area contributed by atoms with Crippen molar-refractivity contribution in [2.24, 2.45) is 18.9 Å². The molecule has 9 nitrogen and oxygen atoms in total.